The van der Waals surface area contributed by atoms with Crippen molar-refractivity contribution in [2.24, 2.45) is 17.1 Å². The van der Waals surface area contributed by atoms with E-state index >= 15 is 0 Å². The zero-order valence-electron chi connectivity index (χ0n) is 11.9. The van der Waals surface area contributed by atoms with Crippen molar-refractivity contribution in [2.45, 2.75) is 45.1 Å². The van der Waals surface area contributed by atoms with Crippen LogP contribution in [0.2, 0.25) is 0 Å². The smallest absolute Gasteiger partial charge is 0.0468 e. The summed E-state index contributed by atoms with van der Waals surface area (Å²) >= 11 is 0. The van der Waals surface area contributed by atoms with Gasteiger partial charge in [0.1, 0.15) is 0 Å². The molecule has 4 heteroatoms. The minimum atomic E-state index is 0. The average molecular weight is 277 g/mol. The molecule has 0 aromatic rings. The first-order valence-electron chi connectivity index (χ1n) is 7.12. The van der Waals surface area contributed by atoms with Gasteiger partial charge in [0.05, 0.1) is 0 Å². The molecule has 0 bridgehead atoms. The first kappa shape index (κ1) is 16.2. The fourth-order valence-corrected chi connectivity index (χ4v) is 3.52. The van der Waals surface area contributed by atoms with E-state index in [4.69, 9.17) is 10.5 Å². The number of hydrogen-bond donors (Lipinski definition) is 1. The van der Waals surface area contributed by atoms with E-state index in [-0.39, 0.29) is 12.4 Å². The van der Waals surface area contributed by atoms with Crippen molar-refractivity contribution < 1.29 is 4.74 Å². The monoisotopic (exact) mass is 276 g/mol. The van der Waals surface area contributed by atoms with E-state index in [1.54, 1.807) is 0 Å². The van der Waals surface area contributed by atoms with Crippen LogP contribution in [0.5, 0.6) is 0 Å². The number of ether oxygens (including phenoxy) is 1. The van der Waals surface area contributed by atoms with Gasteiger partial charge in [-0.2, -0.15) is 0 Å². The Morgan fingerprint density at radius 3 is 2.56 bits per heavy atom. The third-order valence-electron chi connectivity index (χ3n) is 4.91. The maximum atomic E-state index is 5.80. The van der Waals surface area contributed by atoms with E-state index < -0.39 is 0 Å². The van der Waals surface area contributed by atoms with E-state index in [0.717, 1.165) is 25.1 Å². The number of nitrogens with zero attached hydrogens (tertiary/aromatic N) is 1. The van der Waals surface area contributed by atoms with Gasteiger partial charge in [-0.25, -0.2) is 0 Å². The number of hydrogen-bond acceptors (Lipinski definition) is 3. The van der Waals surface area contributed by atoms with E-state index in [2.05, 4.69) is 11.8 Å². The lowest BCUT2D eigenvalue weighted by molar-refractivity contribution is 0.0274. The summed E-state index contributed by atoms with van der Waals surface area (Å²) in [5.41, 5.74) is 6.37. The number of nitrogens with two attached hydrogens (primary N) is 1. The Labute approximate surface area is 118 Å². The summed E-state index contributed by atoms with van der Waals surface area (Å²) in [6.45, 7) is 6.62. The maximum Gasteiger partial charge on any atom is 0.0468 e. The quantitative estimate of drug-likeness (QED) is 0.809. The van der Waals surface area contributed by atoms with Crippen LogP contribution in [0.3, 0.4) is 0 Å². The predicted octanol–water partition coefficient (Wildman–Crippen LogP) is 2.28. The molecule has 18 heavy (non-hydrogen) atoms. The molecule has 2 atom stereocenters. The zero-order chi connectivity index (χ0) is 12.3. The lowest BCUT2D eigenvalue weighted by Gasteiger charge is -2.45. The molecule has 0 aromatic carbocycles. The second-order valence-electron chi connectivity index (χ2n) is 6.21. The summed E-state index contributed by atoms with van der Waals surface area (Å²) in [5.74, 6) is 0.726. The van der Waals surface area contributed by atoms with E-state index in [1.165, 1.54) is 45.2 Å². The van der Waals surface area contributed by atoms with Crippen LogP contribution in [0, 0.1) is 11.3 Å². The second-order valence-corrected chi connectivity index (χ2v) is 6.21. The predicted molar refractivity (Wildman–Crippen MR) is 78.2 cm³/mol. The van der Waals surface area contributed by atoms with Crippen molar-refractivity contribution in [3.63, 3.8) is 0 Å². The summed E-state index contributed by atoms with van der Waals surface area (Å²) < 4.78 is 5.27. The van der Waals surface area contributed by atoms with E-state index in [1.807, 2.05) is 7.11 Å². The standard InChI is InChI=1S/C14H28N2O.ClH/c1-12-8-13(9-15)10-16(12)11-14(4-3-5-14)6-7-17-2;/h12-13H,3-11,15H2,1-2H3;1H. The summed E-state index contributed by atoms with van der Waals surface area (Å²) in [4.78, 5) is 2.67. The highest BCUT2D eigenvalue weighted by Crippen LogP contribution is 2.45. The lowest BCUT2D eigenvalue weighted by atomic mass is 9.66. The minimum Gasteiger partial charge on any atom is -0.385 e. The minimum absolute atomic E-state index is 0. The molecular weight excluding hydrogens is 248 g/mol. The summed E-state index contributed by atoms with van der Waals surface area (Å²) in [5, 5.41) is 0. The lowest BCUT2D eigenvalue weighted by Crippen LogP contribution is -2.44. The van der Waals surface area contributed by atoms with Gasteiger partial charge < -0.3 is 10.5 Å². The fraction of sp³-hybridized carbons (Fsp3) is 1.00. The van der Waals surface area contributed by atoms with Crippen molar-refractivity contribution in [2.75, 3.05) is 33.4 Å². The average Bonchev–Trinajstić information content (AvgIpc) is 2.63. The molecule has 2 rings (SSSR count). The Kier molecular flexibility index (Phi) is 6.39. The summed E-state index contributed by atoms with van der Waals surface area (Å²) in [6, 6.07) is 0.726. The highest BCUT2D eigenvalue weighted by molar-refractivity contribution is 5.85. The highest BCUT2D eigenvalue weighted by Gasteiger charge is 2.40. The van der Waals surface area contributed by atoms with Crippen molar-refractivity contribution in [1.29, 1.82) is 0 Å². The topological polar surface area (TPSA) is 38.5 Å². The Hall–Kier alpha value is 0.170. The van der Waals surface area contributed by atoms with Gasteiger partial charge in [0.15, 0.2) is 0 Å². The molecule has 2 aliphatic rings. The molecule has 0 amide bonds. The Morgan fingerprint density at radius 2 is 2.11 bits per heavy atom. The van der Waals surface area contributed by atoms with Crippen LogP contribution >= 0.6 is 12.4 Å². The van der Waals surface area contributed by atoms with Gasteiger partial charge in [-0.3, -0.25) is 4.90 Å². The molecule has 2 unspecified atom stereocenters. The molecule has 108 valence electrons. The van der Waals surface area contributed by atoms with Crippen molar-refractivity contribution >= 4 is 12.4 Å². The molecule has 2 N–H and O–H groups in total. The van der Waals surface area contributed by atoms with Crippen molar-refractivity contribution in [3.8, 4) is 0 Å². The number of rotatable bonds is 6. The Morgan fingerprint density at radius 1 is 1.39 bits per heavy atom. The first-order chi connectivity index (χ1) is 8.19. The van der Waals surface area contributed by atoms with Crippen molar-refractivity contribution in [3.05, 3.63) is 0 Å². The van der Waals surface area contributed by atoms with E-state index in [0.29, 0.717) is 5.41 Å². The molecule has 1 aliphatic heterocycles. The molecule has 0 radical (unpaired) electrons. The van der Waals surface area contributed by atoms with Crippen LogP contribution in [0.25, 0.3) is 0 Å². The molecule has 1 saturated heterocycles. The van der Waals surface area contributed by atoms with Gasteiger partial charge in [0, 0.05) is 32.8 Å². The summed E-state index contributed by atoms with van der Waals surface area (Å²) in [7, 11) is 1.81. The second kappa shape index (κ2) is 7.09. The number of methoxy groups -OCH3 is 1. The van der Waals surface area contributed by atoms with Gasteiger partial charge in [-0.05, 0) is 50.5 Å². The van der Waals surface area contributed by atoms with Gasteiger partial charge in [0.2, 0.25) is 0 Å². The largest absolute Gasteiger partial charge is 0.385 e. The Bertz CT molecular complexity index is 246. The SMILES string of the molecule is COCCC1(CN2CC(CN)CC2C)CCC1.Cl. The number of likely N-dealkylation sites (tertiary alicyclic amines) is 1. The Balaban J connectivity index is 0.00000162. The zero-order valence-corrected chi connectivity index (χ0v) is 12.7. The highest BCUT2D eigenvalue weighted by atomic mass is 35.5. The van der Waals surface area contributed by atoms with Gasteiger partial charge in [-0.1, -0.05) is 6.42 Å². The molecule has 2 fully saturated rings. The van der Waals surface area contributed by atoms with Crippen LogP contribution in [-0.4, -0.2) is 44.3 Å². The van der Waals surface area contributed by atoms with Crippen LogP contribution in [0.15, 0.2) is 0 Å². The number of halogens is 1. The molecule has 1 aliphatic carbocycles. The third-order valence-corrected chi connectivity index (χ3v) is 4.91. The van der Waals surface area contributed by atoms with Crippen LogP contribution < -0.4 is 5.73 Å². The fourth-order valence-electron chi connectivity index (χ4n) is 3.52. The molecule has 0 aromatic heterocycles. The maximum absolute atomic E-state index is 5.80. The molecular formula is C14H29ClN2O. The van der Waals surface area contributed by atoms with Crippen LogP contribution in [0.4, 0.5) is 0 Å². The van der Waals surface area contributed by atoms with Crippen molar-refractivity contribution in [1.82, 2.24) is 4.90 Å². The van der Waals surface area contributed by atoms with Gasteiger partial charge >= 0.3 is 0 Å². The normalized spacial score (nSPS) is 30.8. The summed E-state index contributed by atoms with van der Waals surface area (Å²) in [6.07, 6.45) is 6.73. The first-order valence-corrected chi connectivity index (χ1v) is 7.12. The van der Waals surface area contributed by atoms with Gasteiger partial charge in [0.25, 0.3) is 0 Å². The molecule has 1 heterocycles. The molecule has 0 spiro atoms. The van der Waals surface area contributed by atoms with E-state index in [9.17, 15) is 0 Å². The van der Waals surface area contributed by atoms with Gasteiger partial charge in [-0.15, -0.1) is 12.4 Å². The molecule has 3 nitrogen and oxygen atoms in total. The van der Waals surface area contributed by atoms with Crippen LogP contribution in [0.1, 0.15) is 39.0 Å². The third kappa shape index (κ3) is 3.60. The van der Waals surface area contributed by atoms with Crippen LogP contribution in [-0.2, 0) is 4.74 Å². The molecule has 1 saturated carbocycles.